The molecule has 5 rings (SSSR count). The molecule has 0 N–H and O–H groups in total. The van der Waals surface area contributed by atoms with Crippen LogP contribution in [0.15, 0.2) is 29.2 Å². The second kappa shape index (κ2) is 7.67. The van der Waals surface area contributed by atoms with E-state index in [0.29, 0.717) is 12.0 Å². The van der Waals surface area contributed by atoms with Crippen LogP contribution >= 0.6 is 11.3 Å². The highest BCUT2D eigenvalue weighted by atomic mass is 32.1. The molecule has 8 nitrogen and oxygen atoms in total. The molecular formula is C23H27NO7S. The number of likely N-dealkylation sites (N-methyl/N-ethyl adjacent to an activating group) is 1. The summed E-state index contributed by atoms with van der Waals surface area (Å²) in [5.41, 5.74) is -0.200. The minimum Gasteiger partial charge on any atom is -0.462 e. The zero-order valence-electron chi connectivity index (χ0n) is 18.5. The Bertz CT molecular complexity index is 973. The molecule has 9 heteroatoms. The van der Waals surface area contributed by atoms with Crippen molar-refractivity contribution >= 4 is 29.2 Å². The van der Waals surface area contributed by atoms with Crippen molar-refractivity contribution in [3.8, 4) is 0 Å². The number of carbonyl (C=O) groups is 3. The predicted molar refractivity (Wildman–Crippen MR) is 114 cm³/mol. The first-order valence-electron chi connectivity index (χ1n) is 10.9. The summed E-state index contributed by atoms with van der Waals surface area (Å²) in [7, 11) is 3.68. The zero-order valence-corrected chi connectivity index (χ0v) is 19.3. The van der Waals surface area contributed by atoms with Gasteiger partial charge >= 0.3 is 17.9 Å². The maximum atomic E-state index is 12.9. The number of carbonyl (C=O) groups excluding carboxylic acids is 3. The summed E-state index contributed by atoms with van der Waals surface area (Å²) in [6, 6.07) is 3.24. The molecule has 172 valence electrons. The van der Waals surface area contributed by atoms with E-state index in [-0.39, 0.29) is 30.2 Å². The molecule has 4 aliphatic rings. The number of hydrogen-bond acceptors (Lipinski definition) is 9. The summed E-state index contributed by atoms with van der Waals surface area (Å²) >= 11 is 1.49. The van der Waals surface area contributed by atoms with Gasteiger partial charge < -0.3 is 18.9 Å². The Morgan fingerprint density at radius 2 is 2.09 bits per heavy atom. The van der Waals surface area contributed by atoms with Gasteiger partial charge in [-0.2, -0.15) is 0 Å². The third-order valence-electron chi connectivity index (χ3n) is 7.05. The molecule has 3 aliphatic heterocycles. The summed E-state index contributed by atoms with van der Waals surface area (Å²) in [4.78, 5) is 40.9. The molecule has 4 heterocycles. The van der Waals surface area contributed by atoms with Crippen molar-refractivity contribution in [1.82, 2.24) is 4.90 Å². The van der Waals surface area contributed by atoms with E-state index < -0.39 is 42.0 Å². The molecule has 0 spiro atoms. The predicted octanol–water partition coefficient (Wildman–Crippen LogP) is 1.72. The molecule has 32 heavy (non-hydrogen) atoms. The lowest BCUT2D eigenvalue weighted by atomic mass is 9.79. The Morgan fingerprint density at radius 3 is 2.78 bits per heavy atom. The lowest BCUT2D eigenvalue weighted by molar-refractivity contribution is -0.153. The van der Waals surface area contributed by atoms with Gasteiger partial charge in [0, 0.05) is 17.2 Å². The second-order valence-corrected chi connectivity index (χ2v) is 10.5. The molecule has 0 saturated carbocycles. The average molecular weight is 462 g/mol. The molecule has 2 bridgehead atoms. The average Bonchev–Trinajstić information content (AvgIpc) is 3.05. The SMILES string of the molecule is CC1C(=O)O[C@H]2C[C@]3(C)O[C@H]3[C@H](OC(=O)Cc3cccs3)[C@@H](N(C)C)C3=C[C@@H](OC3=O)[C@H]12. The summed E-state index contributed by atoms with van der Waals surface area (Å²) in [6.45, 7) is 3.75. The summed E-state index contributed by atoms with van der Waals surface area (Å²) in [5, 5.41) is 1.91. The standard InChI is InChI=1S/C23H27NO7S/c1-11-17-14-9-13(22(27)28-14)18(24(3)4)19(30-16(25)8-12-6-5-7-32-12)20-23(2,31-20)10-15(17)29-21(11)26/h5-7,9,11,14-15,17-20H,8,10H2,1-4H3/t11?,14-,15+,17+,18+,19-,20+,23+/m1/s1. The number of hydrogen-bond donors (Lipinski definition) is 0. The van der Waals surface area contributed by atoms with Crippen LogP contribution < -0.4 is 0 Å². The first-order chi connectivity index (χ1) is 15.2. The molecule has 1 aromatic rings. The van der Waals surface area contributed by atoms with Crippen molar-refractivity contribution in [2.24, 2.45) is 11.8 Å². The summed E-state index contributed by atoms with van der Waals surface area (Å²) in [5.74, 6) is -1.78. The van der Waals surface area contributed by atoms with Gasteiger partial charge in [-0.15, -0.1) is 11.3 Å². The number of ether oxygens (including phenoxy) is 4. The summed E-state index contributed by atoms with van der Waals surface area (Å²) in [6.07, 6.45) is 0.272. The number of fused-ring (bicyclic) bond motifs is 4. The van der Waals surface area contributed by atoms with Crippen molar-refractivity contribution in [1.29, 1.82) is 0 Å². The van der Waals surface area contributed by atoms with E-state index in [9.17, 15) is 14.4 Å². The van der Waals surface area contributed by atoms with Crippen LogP contribution in [0.3, 0.4) is 0 Å². The Balaban J connectivity index is 1.50. The monoisotopic (exact) mass is 461 g/mol. The van der Waals surface area contributed by atoms with Crippen molar-refractivity contribution < 1.29 is 33.3 Å². The molecule has 1 unspecified atom stereocenters. The fourth-order valence-electron chi connectivity index (χ4n) is 5.39. The van der Waals surface area contributed by atoms with Gasteiger partial charge in [-0.1, -0.05) is 13.0 Å². The number of thiophene rings is 1. The maximum absolute atomic E-state index is 12.9. The van der Waals surface area contributed by atoms with E-state index in [1.165, 1.54) is 11.3 Å². The van der Waals surface area contributed by atoms with E-state index in [4.69, 9.17) is 18.9 Å². The molecule has 2 fully saturated rings. The Labute approximate surface area is 190 Å². The number of epoxide rings is 1. The maximum Gasteiger partial charge on any atom is 0.336 e. The van der Waals surface area contributed by atoms with Gasteiger partial charge in [0.25, 0.3) is 0 Å². The zero-order chi connectivity index (χ0) is 22.8. The summed E-state index contributed by atoms with van der Waals surface area (Å²) < 4.78 is 23.5. The molecular weight excluding hydrogens is 434 g/mol. The van der Waals surface area contributed by atoms with Gasteiger partial charge in [-0.05, 0) is 38.5 Å². The normalized spacial score (nSPS) is 40.2. The number of nitrogens with zero attached hydrogens (tertiary/aromatic N) is 1. The minimum absolute atomic E-state index is 0.156. The molecule has 1 aromatic heterocycles. The fraction of sp³-hybridized carbons (Fsp3) is 0.609. The van der Waals surface area contributed by atoms with Crippen LogP contribution in [-0.4, -0.2) is 73.0 Å². The highest BCUT2D eigenvalue weighted by molar-refractivity contribution is 7.10. The third-order valence-corrected chi connectivity index (χ3v) is 7.92. The highest BCUT2D eigenvalue weighted by Crippen LogP contribution is 2.51. The van der Waals surface area contributed by atoms with Gasteiger partial charge in [0.15, 0.2) is 6.10 Å². The topological polar surface area (TPSA) is 94.7 Å². The van der Waals surface area contributed by atoms with E-state index >= 15 is 0 Å². The van der Waals surface area contributed by atoms with Crippen molar-refractivity contribution in [2.75, 3.05) is 14.1 Å². The Hall–Kier alpha value is -2.23. The largest absolute Gasteiger partial charge is 0.462 e. The minimum atomic E-state index is -0.703. The van der Waals surface area contributed by atoms with E-state index in [1.807, 2.05) is 50.4 Å². The smallest absolute Gasteiger partial charge is 0.336 e. The van der Waals surface area contributed by atoms with E-state index in [0.717, 1.165) is 4.88 Å². The van der Waals surface area contributed by atoms with Crippen LogP contribution in [0.1, 0.15) is 25.1 Å². The van der Waals surface area contributed by atoms with Crippen LogP contribution in [0.5, 0.6) is 0 Å². The van der Waals surface area contributed by atoms with Crippen LogP contribution in [-0.2, 0) is 39.8 Å². The van der Waals surface area contributed by atoms with Gasteiger partial charge in [0.2, 0.25) is 0 Å². The molecule has 2 saturated heterocycles. The Morgan fingerprint density at radius 1 is 1.31 bits per heavy atom. The van der Waals surface area contributed by atoms with E-state index in [2.05, 4.69) is 0 Å². The van der Waals surface area contributed by atoms with Crippen molar-refractivity contribution in [3.63, 3.8) is 0 Å². The van der Waals surface area contributed by atoms with Gasteiger partial charge in [-0.3, -0.25) is 14.5 Å². The van der Waals surface area contributed by atoms with Crippen LogP contribution in [0.2, 0.25) is 0 Å². The first-order valence-corrected chi connectivity index (χ1v) is 11.8. The molecule has 1 aliphatic carbocycles. The molecule has 0 radical (unpaired) electrons. The Kier molecular flexibility index (Phi) is 5.18. The number of rotatable bonds is 4. The third kappa shape index (κ3) is 3.56. The fourth-order valence-corrected chi connectivity index (χ4v) is 6.08. The van der Waals surface area contributed by atoms with E-state index in [1.54, 1.807) is 6.08 Å². The molecule has 0 aromatic carbocycles. The first kappa shape index (κ1) is 21.6. The van der Waals surface area contributed by atoms with Crippen LogP contribution in [0, 0.1) is 11.8 Å². The number of esters is 3. The van der Waals surface area contributed by atoms with Gasteiger partial charge in [0.05, 0.1) is 29.6 Å². The van der Waals surface area contributed by atoms with Crippen LogP contribution in [0.4, 0.5) is 0 Å². The van der Waals surface area contributed by atoms with Crippen molar-refractivity contribution in [2.45, 2.75) is 62.7 Å². The molecule has 8 atom stereocenters. The van der Waals surface area contributed by atoms with Gasteiger partial charge in [-0.25, -0.2) is 4.79 Å². The quantitative estimate of drug-likeness (QED) is 0.380. The van der Waals surface area contributed by atoms with Crippen molar-refractivity contribution in [3.05, 3.63) is 34.0 Å². The lowest BCUT2D eigenvalue weighted by Gasteiger charge is -2.32. The highest BCUT2D eigenvalue weighted by Gasteiger charge is 2.65. The van der Waals surface area contributed by atoms with Crippen LogP contribution in [0.25, 0.3) is 0 Å². The van der Waals surface area contributed by atoms with Gasteiger partial charge in [0.1, 0.15) is 18.3 Å². The second-order valence-electron chi connectivity index (χ2n) is 9.51. The molecule has 0 amide bonds. The lowest BCUT2D eigenvalue weighted by Crippen LogP contribution is -2.49.